The number of hydrogen-bond acceptors (Lipinski definition) is 8. The van der Waals surface area contributed by atoms with Crippen LogP contribution in [0.5, 0.6) is 0 Å². The first kappa shape index (κ1) is 44.9. The van der Waals surface area contributed by atoms with Crippen molar-refractivity contribution in [2.45, 2.75) is 58.1 Å². The first-order valence-electron chi connectivity index (χ1n) is 16.8. The van der Waals surface area contributed by atoms with Crippen LogP contribution in [0.1, 0.15) is 49.3 Å². The number of nitrogens with one attached hydrogen (secondary N) is 5. The minimum absolute atomic E-state index is 0.136. The SMILES string of the molecule is COCCOC(=O)Nc1ccc(-c2nc([C@H](Cc3ccccc3)NC(=O)NCc3cc(Cl)ccc3CNC(=O)OC(C)(C)C)[nH]c2Cl)cc1.O=C(O)C(F)(F)F. The Morgan fingerprint density at radius 2 is 1.52 bits per heavy atom. The minimum atomic E-state index is -5.08. The number of alkyl halides is 3. The zero-order valence-electron chi connectivity index (χ0n) is 30.7. The highest BCUT2D eigenvalue weighted by molar-refractivity contribution is 6.32. The van der Waals surface area contributed by atoms with Crippen LogP contribution in [0.15, 0.2) is 72.8 Å². The summed E-state index contributed by atoms with van der Waals surface area (Å²) in [5.74, 6) is -2.31. The monoisotopic (exact) mass is 824 g/mol. The van der Waals surface area contributed by atoms with E-state index in [1.54, 1.807) is 63.2 Å². The van der Waals surface area contributed by atoms with Crippen LogP contribution in [0.3, 0.4) is 0 Å². The highest BCUT2D eigenvalue weighted by atomic mass is 35.5. The molecule has 1 heterocycles. The van der Waals surface area contributed by atoms with Crippen molar-refractivity contribution in [3.63, 3.8) is 0 Å². The number of aliphatic carboxylic acids is 1. The molecule has 0 bridgehead atoms. The number of halogens is 5. The van der Waals surface area contributed by atoms with Crippen LogP contribution in [0.2, 0.25) is 10.2 Å². The number of urea groups is 1. The van der Waals surface area contributed by atoms with Crippen molar-refractivity contribution < 1.29 is 51.7 Å². The molecular weight excluding hydrogens is 784 g/mol. The predicted molar refractivity (Wildman–Crippen MR) is 202 cm³/mol. The Labute approximate surface area is 330 Å². The van der Waals surface area contributed by atoms with Crippen LogP contribution in [-0.2, 0) is 38.5 Å². The van der Waals surface area contributed by atoms with Crippen molar-refractivity contribution in [1.29, 1.82) is 0 Å². The Balaban J connectivity index is 0.00000109. The Morgan fingerprint density at radius 1 is 0.875 bits per heavy atom. The van der Waals surface area contributed by atoms with E-state index in [0.717, 1.165) is 16.7 Å². The number of rotatable bonds is 13. The maximum absolute atomic E-state index is 13.3. The maximum atomic E-state index is 13.3. The summed E-state index contributed by atoms with van der Waals surface area (Å²) in [5.41, 5.74) is 3.54. The molecule has 0 spiro atoms. The number of amides is 4. The van der Waals surface area contributed by atoms with E-state index in [9.17, 15) is 27.6 Å². The number of aromatic amines is 1. The highest BCUT2D eigenvalue weighted by Crippen LogP contribution is 2.29. The molecule has 0 fully saturated rings. The number of carbonyl (C=O) groups is 4. The van der Waals surface area contributed by atoms with E-state index in [1.807, 2.05) is 30.3 Å². The first-order chi connectivity index (χ1) is 26.3. The number of imidazole rings is 1. The van der Waals surface area contributed by atoms with Gasteiger partial charge in [0.15, 0.2) is 0 Å². The van der Waals surface area contributed by atoms with Crippen LogP contribution in [0.25, 0.3) is 11.3 Å². The molecule has 56 heavy (non-hydrogen) atoms. The highest BCUT2D eigenvalue weighted by Gasteiger charge is 2.38. The van der Waals surface area contributed by atoms with E-state index < -0.39 is 42.0 Å². The lowest BCUT2D eigenvalue weighted by molar-refractivity contribution is -0.192. The lowest BCUT2D eigenvalue weighted by atomic mass is 10.1. The number of anilines is 1. The van der Waals surface area contributed by atoms with Crippen LogP contribution >= 0.6 is 23.2 Å². The lowest BCUT2D eigenvalue weighted by Crippen LogP contribution is -2.39. The predicted octanol–water partition coefficient (Wildman–Crippen LogP) is 8.02. The maximum Gasteiger partial charge on any atom is 0.490 e. The fourth-order valence-corrected chi connectivity index (χ4v) is 5.12. The van der Waals surface area contributed by atoms with Crippen molar-refractivity contribution >= 4 is 53.1 Å². The van der Waals surface area contributed by atoms with E-state index in [4.69, 9.17) is 52.3 Å². The second-order valence-electron chi connectivity index (χ2n) is 12.8. The summed E-state index contributed by atoms with van der Waals surface area (Å²) in [7, 11) is 1.52. The second-order valence-corrected chi connectivity index (χ2v) is 13.6. The molecule has 0 aliphatic rings. The third-order valence-electron chi connectivity index (χ3n) is 7.19. The molecule has 4 aromatic rings. The number of carboxylic acid groups (broad SMARTS) is 1. The van der Waals surface area contributed by atoms with Crippen molar-refractivity contribution in [2.75, 3.05) is 25.6 Å². The number of methoxy groups -OCH3 is 1. The quantitative estimate of drug-likeness (QED) is 0.0725. The molecular formula is C37H41Cl2F3N6O8. The van der Waals surface area contributed by atoms with Gasteiger partial charge in [-0.1, -0.05) is 71.7 Å². The molecule has 6 N–H and O–H groups in total. The van der Waals surface area contributed by atoms with E-state index in [0.29, 0.717) is 40.8 Å². The topological polar surface area (TPSA) is 193 Å². The van der Waals surface area contributed by atoms with Gasteiger partial charge in [-0.15, -0.1) is 0 Å². The number of ether oxygens (including phenoxy) is 3. The molecule has 19 heteroatoms. The molecule has 0 saturated carbocycles. The van der Waals surface area contributed by atoms with E-state index in [2.05, 4.69) is 26.3 Å². The van der Waals surface area contributed by atoms with Crippen LogP contribution < -0.4 is 21.3 Å². The zero-order chi connectivity index (χ0) is 41.5. The molecule has 302 valence electrons. The molecule has 4 rings (SSSR count). The lowest BCUT2D eigenvalue weighted by Gasteiger charge is -2.20. The van der Waals surface area contributed by atoms with Gasteiger partial charge in [0.2, 0.25) is 0 Å². The largest absolute Gasteiger partial charge is 0.490 e. The summed E-state index contributed by atoms with van der Waals surface area (Å²) in [6.45, 7) is 6.12. The fraction of sp³-hybridized carbons (Fsp3) is 0.324. The van der Waals surface area contributed by atoms with Crippen LogP contribution in [0, 0.1) is 0 Å². The Morgan fingerprint density at radius 3 is 2.12 bits per heavy atom. The molecule has 0 saturated heterocycles. The molecule has 0 radical (unpaired) electrons. The Kier molecular flexibility index (Phi) is 16.8. The summed E-state index contributed by atoms with van der Waals surface area (Å²) in [6.07, 6.45) is -5.80. The summed E-state index contributed by atoms with van der Waals surface area (Å²) >= 11 is 12.9. The number of benzene rings is 3. The van der Waals surface area contributed by atoms with E-state index >= 15 is 0 Å². The van der Waals surface area contributed by atoms with E-state index in [-0.39, 0.29) is 24.8 Å². The molecule has 3 aromatic carbocycles. The summed E-state index contributed by atoms with van der Waals surface area (Å²) in [5, 5.41) is 19.2. The molecule has 0 aliphatic heterocycles. The number of carboxylic acids is 1. The van der Waals surface area contributed by atoms with Gasteiger partial charge >= 0.3 is 30.4 Å². The number of aromatic nitrogens is 2. The Hall–Kier alpha value is -5.52. The van der Waals surface area contributed by atoms with Gasteiger partial charge in [-0.05, 0) is 68.1 Å². The number of H-pyrrole nitrogens is 1. The molecule has 1 atom stereocenters. The van der Waals surface area contributed by atoms with Crippen molar-refractivity contribution in [2.24, 2.45) is 0 Å². The van der Waals surface area contributed by atoms with Gasteiger partial charge in [0.05, 0.1) is 12.6 Å². The van der Waals surface area contributed by atoms with E-state index in [1.165, 1.54) is 7.11 Å². The molecule has 0 unspecified atom stereocenters. The smallest absolute Gasteiger partial charge is 0.475 e. The minimum Gasteiger partial charge on any atom is -0.475 e. The molecule has 1 aromatic heterocycles. The van der Waals surface area contributed by atoms with Gasteiger partial charge in [-0.3, -0.25) is 5.32 Å². The van der Waals surface area contributed by atoms with Gasteiger partial charge < -0.3 is 40.3 Å². The second kappa shape index (κ2) is 21.0. The van der Waals surface area contributed by atoms with Gasteiger partial charge in [-0.2, -0.15) is 13.2 Å². The number of carbonyl (C=O) groups excluding carboxylic acids is 3. The molecule has 14 nitrogen and oxygen atoms in total. The standard InChI is InChI=1S/C35H40Cl2N6O6.C2HF3O2/c1-35(2,3)49-33(45)39-20-24-10-13-26(36)19-25(24)21-38-32(44)41-28(18-22-8-6-5-7-9-22)31-42-29(30(37)43-31)23-11-14-27(15-12-23)40-34(46)48-17-16-47-4;3-2(4,5)1(6)7/h5-15,19,28H,16-18,20-21H2,1-4H3,(H,39,45)(H,40,46)(H,42,43)(H2,38,41,44);(H,6,7)/t28-;/m0./s1. The fourth-order valence-electron chi connectivity index (χ4n) is 4.67. The third kappa shape index (κ3) is 15.7. The van der Waals surface area contributed by atoms with Crippen molar-refractivity contribution in [3.8, 4) is 11.3 Å². The third-order valence-corrected chi connectivity index (χ3v) is 7.70. The first-order valence-corrected chi connectivity index (χ1v) is 17.5. The summed E-state index contributed by atoms with van der Waals surface area (Å²) < 4.78 is 47.0. The normalized spacial score (nSPS) is 11.7. The molecule has 4 amide bonds. The summed E-state index contributed by atoms with van der Waals surface area (Å²) in [4.78, 5) is 54.3. The van der Waals surface area contributed by atoms with Crippen LogP contribution in [-0.4, -0.2) is 71.4 Å². The number of alkyl carbamates (subject to hydrolysis) is 1. The number of nitrogens with zero attached hydrogens (tertiary/aromatic N) is 1. The Bertz CT molecular complexity index is 1920. The number of hydrogen-bond donors (Lipinski definition) is 6. The summed E-state index contributed by atoms with van der Waals surface area (Å²) in [6, 6.07) is 20.8. The van der Waals surface area contributed by atoms with Gasteiger partial charge in [0.1, 0.15) is 28.9 Å². The van der Waals surface area contributed by atoms with Gasteiger partial charge in [0.25, 0.3) is 0 Å². The zero-order valence-corrected chi connectivity index (χ0v) is 32.2. The van der Waals surface area contributed by atoms with Crippen molar-refractivity contribution in [1.82, 2.24) is 25.9 Å². The van der Waals surface area contributed by atoms with Crippen molar-refractivity contribution in [3.05, 3.63) is 105 Å². The van der Waals surface area contributed by atoms with Gasteiger partial charge in [0, 0.05) is 36.5 Å². The van der Waals surface area contributed by atoms with Crippen LogP contribution in [0.4, 0.5) is 33.2 Å². The average molecular weight is 826 g/mol. The average Bonchev–Trinajstić information content (AvgIpc) is 3.51. The van der Waals surface area contributed by atoms with Gasteiger partial charge in [-0.25, -0.2) is 24.2 Å². The molecule has 0 aliphatic carbocycles.